The van der Waals surface area contributed by atoms with Crippen molar-refractivity contribution in [1.82, 2.24) is 9.80 Å². The largest absolute Gasteiger partial charge is 0.396 e. The topological polar surface area (TPSA) is 49.6 Å². The van der Waals surface area contributed by atoms with E-state index in [0.29, 0.717) is 12.6 Å². The smallest absolute Gasteiger partial charge is 0.256 e. The molecule has 4 nitrogen and oxygen atoms in total. The van der Waals surface area contributed by atoms with Crippen molar-refractivity contribution in [3.05, 3.63) is 29.3 Å². The summed E-state index contributed by atoms with van der Waals surface area (Å²) in [5.74, 6) is -2.21. The molecular formula is C15H21F2N3O. The highest BCUT2D eigenvalue weighted by Gasteiger charge is 2.41. The van der Waals surface area contributed by atoms with Gasteiger partial charge in [0.25, 0.3) is 5.91 Å². The van der Waals surface area contributed by atoms with Gasteiger partial charge in [-0.25, -0.2) is 8.78 Å². The van der Waals surface area contributed by atoms with Crippen molar-refractivity contribution in [3.63, 3.8) is 0 Å². The van der Waals surface area contributed by atoms with Gasteiger partial charge in [0.15, 0.2) is 0 Å². The van der Waals surface area contributed by atoms with Gasteiger partial charge in [0.05, 0.1) is 11.3 Å². The molecule has 0 unspecified atom stereocenters. The van der Waals surface area contributed by atoms with E-state index in [1.807, 2.05) is 14.1 Å². The van der Waals surface area contributed by atoms with Crippen LogP contribution in [0.15, 0.2) is 12.1 Å². The van der Waals surface area contributed by atoms with E-state index in [1.165, 1.54) is 4.90 Å². The number of nitrogen functional groups attached to an aromatic ring is 1. The fourth-order valence-electron chi connectivity index (χ4n) is 2.78. The Morgan fingerprint density at radius 3 is 2.33 bits per heavy atom. The molecule has 1 aromatic carbocycles. The number of nitrogens with two attached hydrogens (primary N) is 1. The van der Waals surface area contributed by atoms with Gasteiger partial charge in [0.2, 0.25) is 0 Å². The van der Waals surface area contributed by atoms with Gasteiger partial charge in [-0.1, -0.05) is 0 Å². The van der Waals surface area contributed by atoms with Crippen molar-refractivity contribution in [1.29, 1.82) is 0 Å². The summed E-state index contributed by atoms with van der Waals surface area (Å²) in [5.41, 5.74) is 4.96. The fourth-order valence-corrected chi connectivity index (χ4v) is 2.78. The number of benzene rings is 1. The van der Waals surface area contributed by atoms with Crippen LogP contribution in [-0.4, -0.2) is 48.9 Å². The molecule has 2 N–H and O–H groups in total. The average molecular weight is 297 g/mol. The number of likely N-dealkylation sites (N-methyl/N-ethyl adjacent to an activating group) is 2. The molecule has 1 fully saturated rings. The van der Waals surface area contributed by atoms with E-state index in [0.717, 1.165) is 25.3 Å². The standard InChI is InChI=1S/C15H21F2N3O/c1-19(2)15(5-4-6-15)9-20(3)14(21)10-7-13(18)12(17)8-11(10)16/h7-8H,4-6,9,18H2,1-3H3. The van der Waals surface area contributed by atoms with Crippen molar-refractivity contribution in [2.75, 3.05) is 33.4 Å². The molecule has 1 saturated carbocycles. The highest BCUT2D eigenvalue weighted by atomic mass is 19.1. The summed E-state index contributed by atoms with van der Waals surface area (Å²) in [6.45, 7) is 0.509. The Bertz CT molecular complexity index is 556. The molecule has 21 heavy (non-hydrogen) atoms. The number of anilines is 1. The summed E-state index contributed by atoms with van der Waals surface area (Å²) >= 11 is 0. The lowest BCUT2D eigenvalue weighted by molar-refractivity contribution is 0.0250. The third-order valence-corrected chi connectivity index (χ3v) is 4.43. The molecule has 0 aliphatic heterocycles. The quantitative estimate of drug-likeness (QED) is 0.866. The molecule has 0 saturated heterocycles. The van der Waals surface area contributed by atoms with Crippen LogP contribution in [0.25, 0.3) is 0 Å². The number of hydrogen-bond acceptors (Lipinski definition) is 3. The Morgan fingerprint density at radius 2 is 1.86 bits per heavy atom. The first-order chi connectivity index (χ1) is 9.77. The van der Waals surface area contributed by atoms with Gasteiger partial charge in [-0.05, 0) is 39.4 Å². The molecule has 1 aliphatic rings. The van der Waals surface area contributed by atoms with Gasteiger partial charge in [-0.2, -0.15) is 0 Å². The molecule has 0 heterocycles. The monoisotopic (exact) mass is 297 g/mol. The van der Waals surface area contributed by atoms with Crippen LogP contribution in [0.3, 0.4) is 0 Å². The Morgan fingerprint density at radius 1 is 1.24 bits per heavy atom. The van der Waals surface area contributed by atoms with Crippen molar-refractivity contribution < 1.29 is 13.6 Å². The molecule has 2 rings (SSSR count). The second-order valence-corrected chi connectivity index (χ2v) is 5.99. The van der Waals surface area contributed by atoms with Crippen LogP contribution in [-0.2, 0) is 0 Å². The van der Waals surface area contributed by atoms with Gasteiger partial charge < -0.3 is 15.5 Å². The van der Waals surface area contributed by atoms with Gasteiger partial charge in [-0.15, -0.1) is 0 Å². The Hall–Kier alpha value is -1.69. The second-order valence-electron chi connectivity index (χ2n) is 5.99. The van der Waals surface area contributed by atoms with E-state index in [1.54, 1.807) is 7.05 Å². The molecule has 1 aromatic rings. The number of carbonyl (C=O) groups excluding carboxylic acids is 1. The molecule has 0 radical (unpaired) electrons. The van der Waals surface area contributed by atoms with Crippen molar-refractivity contribution in [2.24, 2.45) is 0 Å². The number of hydrogen-bond donors (Lipinski definition) is 1. The fraction of sp³-hybridized carbons (Fsp3) is 0.533. The maximum Gasteiger partial charge on any atom is 0.256 e. The van der Waals surface area contributed by atoms with Crippen molar-refractivity contribution in [2.45, 2.75) is 24.8 Å². The number of amides is 1. The van der Waals surface area contributed by atoms with Crippen molar-refractivity contribution >= 4 is 11.6 Å². The minimum atomic E-state index is -0.883. The molecule has 0 bridgehead atoms. The molecule has 116 valence electrons. The van der Waals surface area contributed by atoms with E-state index < -0.39 is 17.5 Å². The number of halogens is 2. The van der Waals surface area contributed by atoms with Gasteiger partial charge in [0.1, 0.15) is 11.6 Å². The van der Waals surface area contributed by atoms with E-state index in [9.17, 15) is 13.6 Å². The molecule has 1 amide bonds. The normalized spacial score (nSPS) is 16.7. The third kappa shape index (κ3) is 2.85. The lowest BCUT2D eigenvalue weighted by Gasteiger charge is -2.49. The molecule has 0 spiro atoms. The predicted octanol–water partition coefficient (Wildman–Crippen LogP) is 2.10. The predicted molar refractivity (Wildman–Crippen MR) is 78.0 cm³/mol. The Balaban J connectivity index is 2.18. The Labute approximate surface area is 123 Å². The van der Waals surface area contributed by atoms with Crippen LogP contribution in [0.4, 0.5) is 14.5 Å². The van der Waals surface area contributed by atoms with Crippen LogP contribution in [0.2, 0.25) is 0 Å². The highest BCUT2D eigenvalue weighted by Crippen LogP contribution is 2.36. The van der Waals surface area contributed by atoms with E-state index in [4.69, 9.17) is 5.73 Å². The summed E-state index contributed by atoms with van der Waals surface area (Å²) in [6, 6.07) is 1.72. The number of nitrogens with zero attached hydrogens (tertiary/aromatic N) is 2. The average Bonchev–Trinajstić information content (AvgIpc) is 2.36. The lowest BCUT2D eigenvalue weighted by Crippen LogP contribution is -2.57. The Kier molecular flexibility index (Phi) is 4.18. The zero-order valence-corrected chi connectivity index (χ0v) is 12.6. The maximum atomic E-state index is 13.8. The van der Waals surface area contributed by atoms with Crippen LogP contribution in [0.5, 0.6) is 0 Å². The SMILES string of the molecule is CN(CC1(N(C)C)CCC1)C(=O)c1cc(N)c(F)cc1F. The summed E-state index contributed by atoms with van der Waals surface area (Å²) in [5, 5.41) is 0. The number of carbonyl (C=O) groups is 1. The summed E-state index contributed by atoms with van der Waals surface area (Å²) < 4.78 is 26.9. The zero-order valence-electron chi connectivity index (χ0n) is 12.6. The molecule has 1 aliphatic carbocycles. The second kappa shape index (κ2) is 5.60. The maximum absolute atomic E-state index is 13.8. The van der Waals surface area contributed by atoms with Crippen LogP contribution < -0.4 is 5.73 Å². The first kappa shape index (κ1) is 15.7. The third-order valence-electron chi connectivity index (χ3n) is 4.43. The van der Waals surface area contributed by atoms with Gasteiger partial charge >= 0.3 is 0 Å². The summed E-state index contributed by atoms with van der Waals surface area (Å²) in [7, 11) is 5.59. The lowest BCUT2D eigenvalue weighted by atomic mass is 9.75. The zero-order chi connectivity index (χ0) is 15.8. The van der Waals surface area contributed by atoms with Crippen LogP contribution in [0, 0.1) is 11.6 Å². The molecular weight excluding hydrogens is 276 g/mol. The van der Waals surface area contributed by atoms with E-state index >= 15 is 0 Å². The van der Waals surface area contributed by atoms with E-state index in [2.05, 4.69) is 4.90 Å². The van der Waals surface area contributed by atoms with Gasteiger partial charge in [-0.3, -0.25) is 4.79 Å². The van der Waals surface area contributed by atoms with Crippen molar-refractivity contribution in [3.8, 4) is 0 Å². The summed E-state index contributed by atoms with van der Waals surface area (Å²) in [6.07, 6.45) is 3.13. The van der Waals surface area contributed by atoms with Gasteiger partial charge in [0, 0.05) is 25.2 Å². The minimum Gasteiger partial charge on any atom is -0.396 e. The first-order valence-electron chi connectivity index (χ1n) is 6.94. The van der Waals surface area contributed by atoms with Crippen LogP contribution in [0.1, 0.15) is 29.6 Å². The molecule has 0 aromatic heterocycles. The molecule has 6 heteroatoms. The first-order valence-corrected chi connectivity index (χ1v) is 6.94. The highest BCUT2D eigenvalue weighted by molar-refractivity contribution is 5.95. The summed E-state index contributed by atoms with van der Waals surface area (Å²) in [4.78, 5) is 15.9. The number of rotatable bonds is 4. The van der Waals surface area contributed by atoms with Crippen LogP contribution >= 0.6 is 0 Å². The minimum absolute atomic E-state index is 0.0491. The van der Waals surface area contributed by atoms with E-state index in [-0.39, 0.29) is 16.8 Å². The molecule has 0 atom stereocenters.